The average molecular weight is 276 g/mol. The molecule has 0 aliphatic heterocycles. The van der Waals surface area contributed by atoms with E-state index >= 15 is 0 Å². The summed E-state index contributed by atoms with van der Waals surface area (Å²) in [6.07, 6.45) is 2.97. The summed E-state index contributed by atoms with van der Waals surface area (Å²) in [7, 11) is -3.85. The molecule has 1 aromatic heterocycles. The van der Waals surface area contributed by atoms with Gasteiger partial charge in [-0.15, -0.1) is 6.58 Å². The zero-order valence-electron chi connectivity index (χ0n) is 9.10. The predicted octanol–water partition coefficient (Wildman–Crippen LogP) is 1.42. The van der Waals surface area contributed by atoms with Gasteiger partial charge in [0.15, 0.2) is 5.82 Å². The van der Waals surface area contributed by atoms with Crippen molar-refractivity contribution in [2.24, 2.45) is 0 Å². The van der Waals surface area contributed by atoms with Gasteiger partial charge >= 0.3 is 0 Å². The van der Waals surface area contributed by atoms with Crippen LogP contribution < -0.4 is 4.72 Å². The van der Waals surface area contributed by atoms with E-state index in [-0.39, 0.29) is 6.54 Å². The standard InChI is InChI=1S/C10H13FN2O2S2/c1-2-7-16-8-6-13-17(14,15)10-9(11)4-3-5-12-10/h2-5,13H,1,6-8H2. The number of thioether (sulfide) groups is 1. The lowest BCUT2D eigenvalue weighted by Gasteiger charge is -2.05. The Labute approximate surface area is 104 Å². The summed E-state index contributed by atoms with van der Waals surface area (Å²) in [5, 5.41) is -0.561. The van der Waals surface area contributed by atoms with E-state index in [9.17, 15) is 12.8 Å². The highest BCUT2D eigenvalue weighted by Crippen LogP contribution is 2.09. The third kappa shape index (κ3) is 4.45. The minimum atomic E-state index is -3.85. The van der Waals surface area contributed by atoms with E-state index < -0.39 is 20.9 Å². The molecule has 0 unspecified atom stereocenters. The Morgan fingerprint density at radius 3 is 3.00 bits per heavy atom. The largest absolute Gasteiger partial charge is 0.261 e. The summed E-state index contributed by atoms with van der Waals surface area (Å²) < 4.78 is 38.8. The van der Waals surface area contributed by atoms with Gasteiger partial charge in [-0.05, 0) is 12.1 Å². The van der Waals surface area contributed by atoms with Crippen LogP contribution in [0.2, 0.25) is 0 Å². The predicted molar refractivity (Wildman–Crippen MR) is 66.9 cm³/mol. The van der Waals surface area contributed by atoms with Crippen LogP contribution in [0.3, 0.4) is 0 Å². The molecule has 1 rings (SSSR count). The van der Waals surface area contributed by atoms with Crippen molar-refractivity contribution in [3.63, 3.8) is 0 Å². The molecule has 0 radical (unpaired) electrons. The average Bonchev–Trinajstić information content (AvgIpc) is 2.29. The molecule has 0 saturated carbocycles. The number of nitrogens with zero attached hydrogens (tertiary/aromatic N) is 1. The van der Waals surface area contributed by atoms with Crippen molar-refractivity contribution in [3.8, 4) is 0 Å². The van der Waals surface area contributed by atoms with E-state index in [2.05, 4.69) is 16.3 Å². The van der Waals surface area contributed by atoms with E-state index in [1.54, 1.807) is 6.08 Å². The fourth-order valence-corrected chi connectivity index (χ4v) is 2.79. The van der Waals surface area contributed by atoms with Gasteiger partial charge in [-0.3, -0.25) is 0 Å². The molecule has 1 aromatic rings. The van der Waals surface area contributed by atoms with Crippen LogP contribution in [0.1, 0.15) is 0 Å². The second-order valence-electron chi connectivity index (χ2n) is 3.05. The van der Waals surface area contributed by atoms with Crippen LogP contribution in [-0.2, 0) is 10.0 Å². The fourth-order valence-electron chi connectivity index (χ4n) is 1.05. The van der Waals surface area contributed by atoms with Crippen molar-refractivity contribution in [3.05, 3.63) is 36.8 Å². The Bertz CT molecular complexity index is 477. The van der Waals surface area contributed by atoms with Crippen LogP contribution in [0.5, 0.6) is 0 Å². The molecule has 4 nitrogen and oxygen atoms in total. The van der Waals surface area contributed by atoms with Crippen molar-refractivity contribution < 1.29 is 12.8 Å². The van der Waals surface area contributed by atoms with Gasteiger partial charge < -0.3 is 0 Å². The maximum atomic E-state index is 13.2. The molecular weight excluding hydrogens is 263 g/mol. The highest BCUT2D eigenvalue weighted by Gasteiger charge is 2.19. The smallest absolute Gasteiger partial charge is 0.241 e. The first-order chi connectivity index (χ1) is 8.08. The Morgan fingerprint density at radius 2 is 2.35 bits per heavy atom. The second kappa shape index (κ2) is 6.73. The van der Waals surface area contributed by atoms with Gasteiger partial charge in [-0.2, -0.15) is 11.8 Å². The molecule has 7 heteroatoms. The molecule has 0 aromatic carbocycles. The van der Waals surface area contributed by atoms with Gasteiger partial charge in [-0.1, -0.05) is 6.08 Å². The highest BCUT2D eigenvalue weighted by atomic mass is 32.2. The number of hydrogen-bond acceptors (Lipinski definition) is 4. The summed E-state index contributed by atoms with van der Waals surface area (Å²) in [6.45, 7) is 3.78. The SMILES string of the molecule is C=CCSCCNS(=O)(=O)c1ncccc1F. The summed E-state index contributed by atoms with van der Waals surface area (Å²) >= 11 is 1.53. The zero-order chi connectivity index (χ0) is 12.7. The van der Waals surface area contributed by atoms with E-state index in [0.717, 1.165) is 11.8 Å². The van der Waals surface area contributed by atoms with Crippen molar-refractivity contribution in [2.75, 3.05) is 18.1 Å². The number of sulfonamides is 1. The maximum absolute atomic E-state index is 13.2. The molecule has 0 aliphatic carbocycles. The molecule has 0 fully saturated rings. The first-order valence-electron chi connectivity index (χ1n) is 4.87. The monoisotopic (exact) mass is 276 g/mol. The highest BCUT2D eigenvalue weighted by molar-refractivity contribution is 7.99. The van der Waals surface area contributed by atoms with E-state index in [0.29, 0.717) is 5.75 Å². The maximum Gasteiger partial charge on any atom is 0.261 e. The number of aromatic nitrogens is 1. The normalized spacial score (nSPS) is 11.4. The van der Waals surface area contributed by atoms with E-state index in [1.807, 2.05) is 0 Å². The van der Waals surface area contributed by atoms with Gasteiger partial charge in [-0.25, -0.2) is 22.5 Å². The lowest BCUT2D eigenvalue weighted by molar-refractivity contribution is 0.546. The molecule has 0 aliphatic rings. The summed E-state index contributed by atoms with van der Waals surface area (Å²) in [6, 6.07) is 2.41. The van der Waals surface area contributed by atoms with Gasteiger partial charge in [0.2, 0.25) is 5.03 Å². The molecule has 94 valence electrons. The van der Waals surface area contributed by atoms with Crippen LogP contribution in [0.4, 0.5) is 4.39 Å². The molecule has 1 N–H and O–H groups in total. The Morgan fingerprint density at radius 1 is 1.59 bits per heavy atom. The molecular formula is C10H13FN2O2S2. The Kier molecular flexibility index (Phi) is 5.60. The molecule has 1 heterocycles. The number of pyridine rings is 1. The molecule has 0 amide bonds. The van der Waals surface area contributed by atoms with Gasteiger partial charge in [0, 0.05) is 24.2 Å². The fraction of sp³-hybridized carbons (Fsp3) is 0.300. The lowest BCUT2D eigenvalue weighted by atomic mass is 10.5. The quantitative estimate of drug-likeness (QED) is 0.604. The van der Waals surface area contributed by atoms with Crippen molar-refractivity contribution in [1.82, 2.24) is 9.71 Å². The van der Waals surface area contributed by atoms with Crippen molar-refractivity contribution in [1.29, 1.82) is 0 Å². The first-order valence-corrected chi connectivity index (χ1v) is 7.50. The number of hydrogen-bond donors (Lipinski definition) is 1. The number of nitrogens with one attached hydrogen (secondary N) is 1. The van der Waals surface area contributed by atoms with Crippen molar-refractivity contribution >= 4 is 21.8 Å². The van der Waals surface area contributed by atoms with Crippen LogP contribution >= 0.6 is 11.8 Å². The van der Waals surface area contributed by atoms with Crippen molar-refractivity contribution in [2.45, 2.75) is 5.03 Å². The summed E-state index contributed by atoms with van der Waals surface area (Å²) in [5.41, 5.74) is 0. The van der Waals surface area contributed by atoms with Gasteiger partial charge in [0.1, 0.15) is 0 Å². The van der Waals surface area contributed by atoms with Gasteiger partial charge in [0.25, 0.3) is 10.0 Å². The third-order valence-electron chi connectivity index (χ3n) is 1.75. The lowest BCUT2D eigenvalue weighted by Crippen LogP contribution is -2.27. The second-order valence-corrected chi connectivity index (χ2v) is 5.88. The summed E-state index contributed by atoms with van der Waals surface area (Å²) in [4.78, 5) is 3.52. The van der Waals surface area contributed by atoms with Crippen LogP contribution in [0, 0.1) is 5.82 Å². The number of halogens is 1. The van der Waals surface area contributed by atoms with E-state index in [1.165, 1.54) is 24.0 Å². The van der Waals surface area contributed by atoms with Gasteiger partial charge in [0.05, 0.1) is 0 Å². The Hall–Kier alpha value is -0.920. The molecule has 0 saturated heterocycles. The summed E-state index contributed by atoms with van der Waals surface area (Å²) in [5.74, 6) is 0.498. The minimum absolute atomic E-state index is 0.233. The van der Waals surface area contributed by atoms with Crippen LogP contribution in [-0.4, -0.2) is 31.5 Å². The molecule has 0 atom stereocenters. The van der Waals surface area contributed by atoms with Crippen LogP contribution in [0.15, 0.2) is 36.0 Å². The third-order valence-corrected chi connectivity index (χ3v) is 4.11. The Balaban J connectivity index is 2.58. The molecule has 0 spiro atoms. The zero-order valence-corrected chi connectivity index (χ0v) is 10.7. The molecule has 17 heavy (non-hydrogen) atoms. The topological polar surface area (TPSA) is 59.1 Å². The molecule has 0 bridgehead atoms. The van der Waals surface area contributed by atoms with Crippen LogP contribution in [0.25, 0.3) is 0 Å². The first kappa shape index (κ1) is 14.1. The number of rotatable bonds is 7. The van der Waals surface area contributed by atoms with E-state index in [4.69, 9.17) is 0 Å². The minimum Gasteiger partial charge on any atom is -0.241 e.